The fourth-order valence-electron chi connectivity index (χ4n) is 3.73. The Hall–Kier alpha value is -3.54. The number of amides is 1. The summed E-state index contributed by atoms with van der Waals surface area (Å²) in [6, 6.07) is 15.7. The van der Waals surface area contributed by atoms with E-state index >= 15 is 0 Å². The smallest absolute Gasteiger partial charge is 0.254 e. The molecule has 0 unspecified atom stereocenters. The second kappa shape index (κ2) is 6.56. The summed E-state index contributed by atoms with van der Waals surface area (Å²) in [7, 11) is 0. The molecule has 3 heterocycles. The zero-order chi connectivity index (χ0) is 19.1. The van der Waals surface area contributed by atoms with Gasteiger partial charge >= 0.3 is 0 Å². The molecule has 0 saturated carbocycles. The zero-order valence-corrected chi connectivity index (χ0v) is 15.0. The van der Waals surface area contributed by atoms with Crippen molar-refractivity contribution in [1.82, 2.24) is 20.1 Å². The van der Waals surface area contributed by atoms with Crippen LogP contribution in [0.5, 0.6) is 0 Å². The van der Waals surface area contributed by atoms with Crippen LogP contribution in [-0.4, -0.2) is 32.5 Å². The van der Waals surface area contributed by atoms with E-state index in [1.807, 2.05) is 41.3 Å². The molecule has 0 bridgehead atoms. The number of halogens is 1. The van der Waals surface area contributed by atoms with E-state index in [0.717, 1.165) is 22.2 Å². The normalized spacial score (nSPS) is 13.5. The molecule has 1 aliphatic heterocycles. The first kappa shape index (κ1) is 16.6. The first-order valence-corrected chi connectivity index (χ1v) is 9.15. The molecule has 6 heteroatoms. The van der Waals surface area contributed by atoms with Gasteiger partial charge in [-0.25, -0.2) is 4.39 Å². The average molecular weight is 372 g/mol. The van der Waals surface area contributed by atoms with Crippen LogP contribution in [0, 0.1) is 5.82 Å². The van der Waals surface area contributed by atoms with E-state index in [1.165, 1.54) is 12.1 Å². The molecule has 1 N–H and O–H groups in total. The highest BCUT2D eigenvalue weighted by Gasteiger charge is 2.26. The first-order valence-electron chi connectivity index (χ1n) is 9.15. The van der Waals surface area contributed by atoms with Crippen LogP contribution in [0.25, 0.3) is 22.2 Å². The van der Waals surface area contributed by atoms with Gasteiger partial charge in [0.25, 0.3) is 5.91 Å². The van der Waals surface area contributed by atoms with Crippen LogP contribution in [0.1, 0.15) is 21.6 Å². The van der Waals surface area contributed by atoms with Crippen molar-refractivity contribution in [2.75, 3.05) is 6.54 Å². The molecule has 138 valence electrons. The van der Waals surface area contributed by atoms with E-state index in [9.17, 15) is 9.18 Å². The summed E-state index contributed by atoms with van der Waals surface area (Å²) in [5.41, 5.74) is 4.87. The number of nitrogens with zero attached hydrogens (tertiary/aromatic N) is 3. The molecule has 1 aliphatic rings. The van der Waals surface area contributed by atoms with E-state index < -0.39 is 0 Å². The Morgan fingerprint density at radius 3 is 2.93 bits per heavy atom. The molecule has 0 atom stereocenters. The molecule has 5 rings (SSSR count). The maximum Gasteiger partial charge on any atom is 0.254 e. The van der Waals surface area contributed by atoms with Crippen molar-refractivity contribution in [1.29, 1.82) is 0 Å². The van der Waals surface area contributed by atoms with E-state index in [2.05, 4.69) is 15.2 Å². The summed E-state index contributed by atoms with van der Waals surface area (Å²) in [4.78, 5) is 19.2. The fraction of sp³-hybridized carbons (Fsp3) is 0.136. The van der Waals surface area contributed by atoms with Gasteiger partial charge in [-0.15, -0.1) is 0 Å². The van der Waals surface area contributed by atoms with E-state index in [0.29, 0.717) is 36.3 Å². The van der Waals surface area contributed by atoms with Crippen molar-refractivity contribution in [3.63, 3.8) is 0 Å². The van der Waals surface area contributed by atoms with E-state index in [4.69, 9.17) is 0 Å². The van der Waals surface area contributed by atoms with Crippen LogP contribution in [0.15, 0.2) is 60.8 Å². The second-order valence-electron chi connectivity index (χ2n) is 6.93. The molecule has 1 amide bonds. The average Bonchev–Trinajstić information content (AvgIpc) is 3.16. The number of rotatable bonds is 2. The number of nitrogens with one attached hydrogen (secondary N) is 1. The third-order valence-electron chi connectivity index (χ3n) is 5.17. The summed E-state index contributed by atoms with van der Waals surface area (Å²) in [5.74, 6) is -0.328. The molecule has 0 aliphatic carbocycles. The molecule has 0 saturated heterocycles. The van der Waals surface area contributed by atoms with Gasteiger partial charge in [-0.05, 0) is 36.4 Å². The Balaban J connectivity index is 1.46. The van der Waals surface area contributed by atoms with Crippen molar-refractivity contribution >= 4 is 16.8 Å². The van der Waals surface area contributed by atoms with Crippen molar-refractivity contribution in [3.05, 3.63) is 83.4 Å². The summed E-state index contributed by atoms with van der Waals surface area (Å²) in [6.07, 6.45) is 2.43. The van der Waals surface area contributed by atoms with Crippen LogP contribution >= 0.6 is 0 Å². The van der Waals surface area contributed by atoms with Gasteiger partial charge in [0.15, 0.2) is 0 Å². The molecule has 0 radical (unpaired) electrons. The number of hydrogen-bond donors (Lipinski definition) is 1. The number of carbonyl (C=O) groups is 1. The number of H-pyrrole nitrogens is 1. The highest BCUT2D eigenvalue weighted by atomic mass is 19.1. The quantitative estimate of drug-likeness (QED) is 0.579. The number of benzene rings is 2. The maximum atomic E-state index is 13.6. The van der Waals surface area contributed by atoms with Crippen LogP contribution < -0.4 is 0 Å². The monoisotopic (exact) mass is 372 g/mol. The number of aromatic amines is 1. The Morgan fingerprint density at radius 1 is 1.11 bits per heavy atom. The Morgan fingerprint density at radius 2 is 2.04 bits per heavy atom. The third-order valence-corrected chi connectivity index (χ3v) is 5.17. The van der Waals surface area contributed by atoms with E-state index in [1.54, 1.807) is 12.3 Å². The first-order chi connectivity index (χ1) is 13.7. The SMILES string of the molecule is O=C(c1ccc2ncccc2c1)N1CCc2[nH]nc(-c3cccc(F)c3)c2C1. The predicted molar refractivity (Wildman–Crippen MR) is 104 cm³/mol. The minimum Gasteiger partial charge on any atom is -0.334 e. The summed E-state index contributed by atoms with van der Waals surface area (Å²) < 4.78 is 13.6. The lowest BCUT2D eigenvalue weighted by molar-refractivity contribution is 0.0735. The highest BCUT2D eigenvalue weighted by Crippen LogP contribution is 2.29. The Kier molecular flexibility index (Phi) is 3.90. The molecule has 2 aromatic carbocycles. The highest BCUT2D eigenvalue weighted by molar-refractivity contribution is 5.98. The summed E-state index contributed by atoms with van der Waals surface area (Å²) in [5, 5.41) is 8.37. The van der Waals surface area contributed by atoms with Gasteiger partial charge in [0.05, 0.1) is 11.2 Å². The van der Waals surface area contributed by atoms with Crippen LogP contribution in [0.2, 0.25) is 0 Å². The molecular formula is C22H17FN4O. The number of fused-ring (bicyclic) bond motifs is 2. The van der Waals surface area contributed by atoms with Crippen LogP contribution in [0.4, 0.5) is 4.39 Å². The molecule has 4 aromatic rings. The molecule has 0 fully saturated rings. The van der Waals surface area contributed by atoms with Gasteiger partial charge < -0.3 is 4.90 Å². The minimum atomic E-state index is -0.303. The third kappa shape index (κ3) is 2.83. The van der Waals surface area contributed by atoms with Gasteiger partial charge in [0.2, 0.25) is 0 Å². The Bertz CT molecular complexity index is 1200. The van der Waals surface area contributed by atoms with Crippen LogP contribution in [0.3, 0.4) is 0 Å². The maximum absolute atomic E-state index is 13.6. The number of carbonyl (C=O) groups excluding carboxylic acids is 1. The van der Waals surface area contributed by atoms with E-state index in [-0.39, 0.29) is 11.7 Å². The Labute approximate surface area is 160 Å². The fourth-order valence-corrected chi connectivity index (χ4v) is 3.73. The van der Waals surface area contributed by atoms with Crippen molar-refractivity contribution in [3.8, 4) is 11.3 Å². The predicted octanol–water partition coefficient (Wildman–Crippen LogP) is 3.96. The van der Waals surface area contributed by atoms with Crippen molar-refractivity contribution in [2.45, 2.75) is 13.0 Å². The van der Waals surface area contributed by atoms with Crippen LogP contribution in [-0.2, 0) is 13.0 Å². The van der Waals surface area contributed by atoms with Gasteiger partial charge in [-0.3, -0.25) is 14.9 Å². The molecule has 0 spiro atoms. The lowest BCUT2D eigenvalue weighted by Gasteiger charge is -2.27. The standard InChI is InChI=1S/C22H17FN4O/c23-17-5-1-3-15(12-17)21-18-13-27(10-8-20(18)25-26-21)22(28)16-6-7-19-14(11-16)4-2-9-24-19/h1-7,9,11-12H,8,10,13H2,(H,25,26). The van der Waals surface area contributed by atoms with Gasteiger partial charge in [-0.1, -0.05) is 18.2 Å². The van der Waals surface area contributed by atoms with Crippen molar-refractivity contribution < 1.29 is 9.18 Å². The zero-order valence-electron chi connectivity index (χ0n) is 15.0. The topological polar surface area (TPSA) is 61.9 Å². The summed E-state index contributed by atoms with van der Waals surface area (Å²) >= 11 is 0. The second-order valence-corrected chi connectivity index (χ2v) is 6.93. The molecule has 28 heavy (non-hydrogen) atoms. The number of hydrogen-bond acceptors (Lipinski definition) is 3. The minimum absolute atomic E-state index is 0.0252. The molecular weight excluding hydrogens is 355 g/mol. The number of pyridine rings is 1. The number of aromatic nitrogens is 3. The molecule has 2 aromatic heterocycles. The van der Waals surface area contributed by atoms with Crippen molar-refractivity contribution in [2.24, 2.45) is 0 Å². The molecule has 5 nitrogen and oxygen atoms in total. The van der Waals surface area contributed by atoms with Gasteiger partial charge in [0.1, 0.15) is 5.82 Å². The lowest BCUT2D eigenvalue weighted by atomic mass is 10.00. The van der Waals surface area contributed by atoms with Gasteiger partial charge in [-0.2, -0.15) is 5.10 Å². The lowest BCUT2D eigenvalue weighted by Crippen LogP contribution is -2.35. The largest absolute Gasteiger partial charge is 0.334 e. The summed E-state index contributed by atoms with van der Waals surface area (Å²) in [6.45, 7) is 1.06. The van der Waals surface area contributed by atoms with Gasteiger partial charge in [0, 0.05) is 53.5 Å².